The molecule has 0 radical (unpaired) electrons. The van der Waals surface area contributed by atoms with Crippen LogP contribution in [0.5, 0.6) is 0 Å². The molecule has 1 N–H and O–H groups in total. The SMILES string of the molecule is CN1CCc2nc3c(Cl)cc(Cl)cc3c(C(=O)O)c2C1. The molecule has 0 saturated heterocycles. The van der Waals surface area contributed by atoms with E-state index < -0.39 is 5.97 Å². The Labute approximate surface area is 125 Å². The maximum atomic E-state index is 11.7. The third-order valence-corrected chi connectivity index (χ3v) is 4.07. The van der Waals surface area contributed by atoms with Gasteiger partial charge in [-0.1, -0.05) is 23.2 Å². The average Bonchev–Trinajstić information content (AvgIpc) is 2.36. The number of nitrogens with zero attached hydrogens (tertiary/aromatic N) is 2. The number of likely N-dealkylation sites (N-methyl/N-ethyl adjacent to an activating group) is 1. The van der Waals surface area contributed by atoms with Gasteiger partial charge in [0.1, 0.15) is 0 Å². The predicted octanol–water partition coefficient (Wildman–Crippen LogP) is 3.23. The van der Waals surface area contributed by atoms with E-state index in [4.69, 9.17) is 23.2 Å². The summed E-state index contributed by atoms with van der Waals surface area (Å²) < 4.78 is 0. The Balaban J connectivity index is 2.42. The summed E-state index contributed by atoms with van der Waals surface area (Å²) in [7, 11) is 1.96. The number of carbonyl (C=O) groups is 1. The molecular weight excluding hydrogens is 299 g/mol. The van der Waals surface area contributed by atoms with Gasteiger partial charge in [0.15, 0.2) is 0 Å². The summed E-state index contributed by atoms with van der Waals surface area (Å²) in [5.74, 6) is -0.970. The minimum atomic E-state index is -0.970. The minimum absolute atomic E-state index is 0.265. The summed E-state index contributed by atoms with van der Waals surface area (Å²) >= 11 is 12.2. The van der Waals surface area contributed by atoms with E-state index in [1.807, 2.05) is 7.05 Å². The van der Waals surface area contributed by atoms with Gasteiger partial charge < -0.3 is 10.0 Å². The number of aromatic nitrogens is 1. The number of hydrogen-bond acceptors (Lipinski definition) is 3. The van der Waals surface area contributed by atoms with Gasteiger partial charge in [-0.05, 0) is 19.2 Å². The molecule has 0 atom stereocenters. The molecule has 104 valence electrons. The van der Waals surface area contributed by atoms with Gasteiger partial charge in [0.25, 0.3) is 0 Å². The van der Waals surface area contributed by atoms with Crippen LogP contribution in [0, 0.1) is 0 Å². The second-order valence-corrected chi connectivity index (χ2v) is 5.83. The van der Waals surface area contributed by atoms with Gasteiger partial charge in [0.05, 0.1) is 16.1 Å². The molecule has 4 nitrogen and oxygen atoms in total. The van der Waals surface area contributed by atoms with Crippen LogP contribution in [0.1, 0.15) is 21.6 Å². The van der Waals surface area contributed by atoms with Crippen LogP contribution < -0.4 is 0 Å². The fourth-order valence-corrected chi connectivity index (χ4v) is 3.18. The number of benzene rings is 1. The first-order valence-electron chi connectivity index (χ1n) is 6.19. The second kappa shape index (κ2) is 4.88. The zero-order valence-corrected chi connectivity index (χ0v) is 12.3. The van der Waals surface area contributed by atoms with Crippen LogP contribution in [0.4, 0.5) is 0 Å². The molecular formula is C14H12Cl2N2O2. The molecule has 2 heterocycles. The van der Waals surface area contributed by atoms with Crippen LogP contribution in [0.3, 0.4) is 0 Å². The van der Waals surface area contributed by atoms with Gasteiger partial charge in [-0.3, -0.25) is 4.98 Å². The lowest BCUT2D eigenvalue weighted by Crippen LogP contribution is -2.29. The largest absolute Gasteiger partial charge is 0.478 e. The number of halogens is 2. The first kappa shape index (κ1) is 13.6. The van der Waals surface area contributed by atoms with Gasteiger partial charge in [0.2, 0.25) is 0 Å². The standard InChI is InChI=1S/C14H12Cl2N2O2/c1-18-3-2-11-9(6-18)12(14(19)20)8-4-7(15)5-10(16)13(8)17-11/h4-5H,2-3,6H2,1H3,(H,19,20). The monoisotopic (exact) mass is 310 g/mol. The Bertz CT molecular complexity index is 731. The highest BCUT2D eigenvalue weighted by atomic mass is 35.5. The van der Waals surface area contributed by atoms with Crippen molar-refractivity contribution in [3.63, 3.8) is 0 Å². The van der Waals surface area contributed by atoms with E-state index in [2.05, 4.69) is 9.88 Å². The lowest BCUT2D eigenvalue weighted by molar-refractivity contribution is 0.0696. The molecule has 2 aromatic rings. The number of rotatable bonds is 1. The van der Waals surface area contributed by atoms with E-state index in [9.17, 15) is 9.90 Å². The summed E-state index contributed by atoms with van der Waals surface area (Å²) in [5.41, 5.74) is 2.35. The first-order valence-corrected chi connectivity index (χ1v) is 6.95. The normalized spacial score (nSPS) is 15.3. The van der Waals surface area contributed by atoms with Crippen molar-refractivity contribution in [1.82, 2.24) is 9.88 Å². The zero-order valence-electron chi connectivity index (χ0n) is 10.8. The van der Waals surface area contributed by atoms with Crippen molar-refractivity contribution in [3.8, 4) is 0 Å². The fourth-order valence-electron chi connectivity index (χ4n) is 2.65. The van der Waals surface area contributed by atoms with E-state index >= 15 is 0 Å². The first-order chi connectivity index (χ1) is 9.47. The molecule has 1 aromatic carbocycles. The smallest absolute Gasteiger partial charge is 0.336 e. The van der Waals surface area contributed by atoms with E-state index in [1.54, 1.807) is 12.1 Å². The van der Waals surface area contributed by atoms with Gasteiger partial charge in [-0.15, -0.1) is 0 Å². The highest BCUT2D eigenvalue weighted by Gasteiger charge is 2.25. The van der Waals surface area contributed by atoms with Crippen LogP contribution in [0.25, 0.3) is 10.9 Å². The van der Waals surface area contributed by atoms with Crippen LogP contribution in [-0.2, 0) is 13.0 Å². The van der Waals surface area contributed by atoms with Crippen LogP contribution in [-0.4, -0.2) is 34.6 Å². The molecule has 0 saturated carbocycles. The summed E-state index contributed by atoms with van der Waals surface area (Å²) in [6.45, 7) is 1.43. The summed E-state index contributed by atoms with van der Waals surface area (Å²) in [4.78, 5) is 18.3. The lowest BCUT2D eigenvalue weighted by Gasteiger charge is -2.26. The Morgan fingerprint density at radius 1 is 1.40 bits per heavy atom. The zero-order chi connectivity index (χ0) is 14.4. The maximum absolute atomic E-state index is 11.7. The number of fused-ring (bicyclic) bond motifs is 2. The molecule has 6 heteroatoms. The molecule has 0 amide bonds. The van der Waals surface area contributed by atoms with E-state index in [0.29, 0.717) is 27.5 Å². The molecule has 1 aliphatic heterocycles. The predicted molar refractivity (Wildman–Crippen MR) is 78.8 cm³/mol. The Hall–Kier alpha value is -1.36. The van der Waals surface area contributed by atoms with Crippen LogP contribution in [0.2, 0.25) is 10.0 Å². The number of carboxylic acids is 1. The molecule has 0 aliphatic carbocycles. The van der Waals surface area contributed by atoms with Gasteiger partial charge in [-0.2, -0.15) is 0 Å². The minimum Gasteiger partial charge on any atom is -0.478 e. The van der Waals surface area contributed by atoms with Crippen LogP contribution in [0.15, 0.2) is 12.1 Å². The van der Waals surface area contributed by atoms with Gasteiger partial charge in [0, 0.05) is 41.2 Å². The molecule has 3 rings (SSSR count). The number of hydrogen-bond donors (Lipinski definition) is 1. The van der Waals surface area contributed by atoms with E-state index in [-0.39, 0.29) is 5.56 Å². The van der Waals surface area contributed by atoms with E-state index in [0.717, 1.165) is 24.2 Å². The molecule has 1 aliphatic rings. The molecule has 20 heavy (non-hydrogen) atoms. The van der Waals surface area contributed by atoms with Crippen molar-refractivity contribution in [1.29, 1.82) is 0 Å². The topological polar surface area (TPSA) is 53.4 Å². The highest BCUT2D eigenvalue weighted by molar-refractivity contribution is 6.38. The summed E-state index contributed by atoms with van der Waals surface area (Å²) in [5, 5.41) is 10.9. The molecule has 0 spiro atoms. The number of pyridine rings is 1. The number of aromatic carboxylic acids is 1. The highest BCUT2D eigenvalue weighted by Crippen LogP contribution is 2.33. The number of carboxylic acid groups (broad SMARTS) is 1. The molecule has 0 unspecified atom stereocenters. The van der Waals surface area contributed by atoms with Gasteiger partial charge >= 0.3 is 5.97 Å². The van der Waals surface area contributed by atoms with Crippen molar-refractivity contribution in [2.24, 2.45) is 0 Å². The third-order valence-electron chi connectivity index (χ3n) is 3.57. The summed E-state index contributed by atoms with van der Waals surface area (Å²) in [6, 6.07) is 3.21. The van der Waals surface area contributed by atoms with Crippen molar-refractivity contribution < 1.29 is 9.90 Å². The lowest BCUT2D eigenvalue weighted by atomic mass is 9.96. The Kier molecular flexibility index (Phi) is 3.32. The molecule has 0 bridgehead atoms. The van der Waals surface area contributed by atoms with Crippen molar-refractivity contribution in [2.75, 3.05) is 13.6 Å². The third kappa shape index (κ3) is 2.14. The second-order valence-electron chi connectivity index (χ2n) is 4.99. The fraction of sp³-hybridized carbons (Fsp3) is 0.286. The van der Waals surface area contributed by atoms with Crippen LogP contribution >= 0.6 is 23.2 Å². The maximum Gasteiger partial charge on any atom is 0.336 e. The molecule has 0 fully saturated rings. The Morgan fingerprint density at radius 2 is 2.15 bits per heavy atom. The van der Waals surface area contributed by atoms with Crippen molar-refractivity contribution >= 4 is 40.1 Å². The quantitative estimate of drug-likeness (QED) is 0.878. The van der Waals surface area contributed by atoms with E-state index in [1.165, 1.54) is 0 Å². The molecule has 1 aromatic heterocycles. The van der Waals surface area contributed by atoms with Gasteiger partial charge in [-0.25, -0.2) is 4.79 Å². The Morgan fingerprint density at radius 3 is 2.85 bits per heavy atom. The summed E-state index contributed by atoms with van der Waals surface area (Å²) in [6.07, 6.45) is 0.723. The van der Waals surface area contributed by atoms with Crippen molar-refractivity contribution in [2.45, 2.75) is 13.0 Å². The average molecular weight is 311 g/mol. The van der Waals surface area contributed by atoms with Crippen molar-refractivity contribution in [3.05, 3.63) is 39.0 Å².